The molecule has 0 N–H and O–H groups in total. The maximum atomic E-state index is 12.0. The first-order chi connectivity index (χ1) is 9.19. The number of halogens is 1. The summed E-state index contributed by atoms with van der Waals surface area (Å²) in [6.45, 7) is 0. The quantitative estimate of drug-likeness (QED) is 0.352. The number of methoxy groups -OCH3 is 1. The van der Waals surface area contributed by atoms with Gasteiger partial charge in [-0.25, -0.2) is 4.57 Å². The van der Waals surface area contributed by atoms with E-state index in [4.69, 9.17) is 4.74 Å². The standard InChI is InChI=1S/C16H16NO2.HI/c1-17-11-3-4-14(12-17)16(18)10-7-13-5-8-15(19-2)9-6-13;/h3-12H,1-2H3;1H/q+1;. The van der Waals surface area contributed by atoms with E-state index in [1.165, 1.54) is 0 Å². The van der Waals surface area contributed by atoms with Gasteiger partial charge >= 0.3 is 0 Å². The third-order valence-corrected chi connectivity index (χ3v) is 2.77. The molecule has 20 heavy (non-hydrogen) atoms. The van der Waals surface area contributed by atoms with Crippen molar-refractivity contribution in [3.8, 4) is 5.75 Å². The number of aromatic nitrogens is 1. The van der Waals surface area contributed by atoms with Crippen LogP contribution in [0.2, 0.25) is 0 Å². The highest BCUT2D eigenvalue weighted by molar-refractivity contribution is 14.0. The zero-order valence-corrected chi connectivity index (χ0v) is 13.8. The highest BCUT2D eigenvalue weighted by atomic mass is 127. The van der Waals surface area contributed by atoms with Gasteiger partial charge in [0.05, 0.1) is 12.7 Å². The van der Waals surface area contributed by atoms with Gasteiger partial charge in [-0.15, -0.1) is 24.0 Å². The second-order valence-electron chi connectivity index (χ2n) is 4.23. The van der Waals surface area contributed by atoms with E-state index in [0.29, 0.717) is 5.56 Å². The van der Waals surface area contributed by atoms with Gasteiger partial charge in [0.2, 0.25) is 0 Å². The van der Waals surface area contributed by atoms with Gasteiger partial charge in [-0.1, -0.05) is 18.2 Å². The normalized spacial score (nSPS) is 10.1. The van der Waals surface area contributed by atoms with Crippen LogP contribution < -0.4 is 9.30 Å². The topological polar surface area (TPSA) is 30.2 Å². The van der Waals surface area contributed by atoms with Crippen molar-refractivity contribution in [2.75, 3.05) is 7.11 Å². The molecule has 0 atom stereocenters. The van der Waals surface area contributed by atoms with Crippen molar-refractivity contribution < 1.29 is 14.1 Å². The van der Waals surface area contributed by atoms with E-state index in [-0.39, 0.29) is 29.8 Å². The minimum absolute atomic E-state index is 0. The first kappa shape index (κ1) is 16.4. The fourth-order valence-corrected chi connectivity index (χ4v) is 1.72. The highest BCUT2D eigenvalue weighted by Gasteiger charge is 2.05. The fourth-order valence-electron chi connectivity index (χ4n) is 1.72. The van der Waals surface area contributed by atoms with Crippen molar-refractivity contribution in [3.05, 3.63) is 66.0 Å². The molecule has 0 saturated carbocycles. The summed E-state index contributed by atoms with van der Waals surface area (Å²) >= 11 is 0. The molecule has 0 aliphatic rings. The number of carbonyl (C=O) groups excluding carboxylic acids is 1. The molecule has 4 heteroatoms. The number of benzene rings is 1. The summed E-state index contributed by atoms with van der Waals surface area (Å²) in [5.41, 5.74) is 1.64. The molecule has 2 aromatic rings. The van der Waals surface area contributed by atoms with Gasteiger partial charge in [-0.3, -0.25) is 4.79 Å². The minimum Gasteiger partial charge on any atom is -0.497 e. The number of allylic oxidation sites excluding steroid dienone is 1. The Bertz CT molecular complexity index is 606. The number of nitrogens with zero attached hydrogens (tertiary/aromatic N) is 1. The van der Waals surface area contributed by atoms with Gasteiger partial charge in [0.15, 0.2) is 18.2 Å². The third kappa shape index (κ3) is 4.45. The number of hydrogen-bond donors (Lipinski definition) is 0. The van der Waals surface area contributed by atoms with Gasteiger partial charge in [0, 0.05) is 6.07 Å². The molecule has 0 unspecified atom stereocenters. The van der Waals surface area contributed by atoms with Crippen LogP contribution in [0.1, 0.15) is 15.9 Å². The maximum absolute atomic E-state index is 12.0. The molecular weight excluding hydrogens is 365 g/mol. The Hall–Kier alpha value is -1.69. The van der Waals surface area contributed by atoms with Crippen LogP contribution in [-0.4, -0.2) is 12.9 Å². The van der Waals surface area contributed by atoms with Crippen LogP contribution in [0.5, 0.6) is 5.75 Å². The van der Waals surface area contributed by atoms with Gasteiger partial charge in [0.25, 0.3) is 0 Å². The average molecular weight is 382 g/mol. The van der Waals surface area contributed by atoms with Gasteiger partial charge in [-0.2, -0.15) is 0 Å². The predicted molar refractivity (Wildman–Crippen MR) is 89.4 cm³/mol. The zero-order valence-electron chi connectivity index (χ0n) is 11.4. The number of pyridine rings is 1. The lowest BCUT2D eigenvalue weighted by Gasteiger charge is -1.99. The summed E-state index contributed by atoms with van der Waals surface area (Å²) in [6, 6.07) is 11.2. The predicted octanol–water partition coefficient (Wildman–Crippen LogP) is 3.03. The number of aryl methyl sites for hydroxylation is 1. The largest absolute Gasteiger partial charge is 0.497 e. The monoisotopic (exact) mass is 382 g/mol. The van der Waals surface area contributed by atoms with Crippen LogP contribution >= 0.6 is 24.0 Å². The molecule has 0 spiro atoms. The fraction of sp³-hybridized carbons (Fsp3) is 0.125. The van der Waals surface area contributed by atoms with E-state index in [0.717, 1.165) is 11.3 Å². The Morgan fingerprint density at radius 1 is 1.20 bits per heavy atom. The Morgan fingerprint density at radius 3 is 2.50 bits per heavy atom. The molecule has 1 aromatic heterocycles. The Morgan fingerprint density at radius 2 is 1.90 bits per heavy atom. The van der Waals surface area contributed by atoms with E-state index < -0.39 is 0 Å². The van der Waals surface area contributed by atoms with E-state index in [9.17, 15) is 4.79 Å². The van der Waals surface area contributed by atoms with Crippen molar-refractivity contribution in [1.29, 1.82) is 0 Å². The van der Waals surface area contributed by atoms with Gasteiger partial charge in [-0.05, 0) is 29.8 Å². The molecule has 0 bridgehead atoms. The van der Waals surface area contributed by atoms with Crippen LogP contribution in [0.25, 0.3) is 6.08 Å². The smallest absolute Gasteiger partial charge is 0.191 e. The molecule has 0 saturated heterocycles. The maximum Gasteiger partial charge on any atom is 0.191 e. The number of hydrogen-bond acceptors (Lipinski definition) is 2. The van der Waals surface area contributed by atoms with Crippen LogP contribution in [0.15, 0.2) is 54.9 Å². The second-order valence-corrected chi connectivity index (χ2v) is 4.23. The molecule has 3 nitrogen and oxygen atoms in total. The summed E-state index contributed by atoms with van der Waals surface area (Å²) < 4.78 is 6.94. The Labute approximate surface area is 135 Å². The highest BCUT2D eigenvalue weighted by Crippen LogP contribution is 2.12. The molecule has 104 valence electrons. The average Bonchev–Trinajstić information content (AvgIpc) is 2.45. The third-order valence-electron chi connectivity index (χ3n) is 2.77. The van der Waals surface area contributed by atoms with E-state index >= 15 is 0 Å². The van der Waals surface area contributed by atoms with Crippen molar-refractivity contribution in [2.24, 2.45) is 7.05 Å². The van der Waals surface area contributed by atoms with Crippen molar-refractivity contribution in [1.82, 2.24) is 0 Å². The Kier molecular flexibility index (Phi) is 6.38. The van der Waals surface area contributed by atoms with Crippen LogP contribution in [0.4, 0.5) is 0 Å². The van der Waals surface area contributed by atoms with Crippen molar-refractivity contribution in [3.63, 3.8) is 0 Å². The molecule has 1 heterocycles. The summed E-state index contributed by atoms with van der Waals surface area (Å²) in [5, 5.41) is 0. The van der Waals surface area contributed by atoms with Crippen LogP contribution in [0.3, 0.4) is 0 Å². The van der Waals surface area contributed by atoms with Crippen LogP contribution in [-0.2, 0) is 7.05 Å². The minimum atomic E-state index is -0.00739. The van der Waals surface area contributed by atoms with E-state index in [1.807, 2.05) is 48.1 Å². The lowest BCUT2D eigenvalue weighted by atomic mass is 10.1. The van der Waals surface area contributed by atoms with Crippen molar-refractivity contribution >= 4 is 35.8 Å². The SMILES string of the molecule is COc1ccc(C=CC(=O)c2ccc[n+](C)c2)cc1.I. The molecule has 0 amide bonds. The summed E-state index contributed by atoms with van der Waals surface area (Å²) in [5.74, 6) is 0.797. The lowest BCUT2D eigenvalue weighted by Crippen LogP contribution is -2.27. The molecule has 0 aliphatic heterocycles. The number of rotatable bonds is 4. The van der Waals surface area contributed by atoms with Crippen molar-refractivity contribution in [2.45, 2.75) is 0 Å². The molecule has 2 rings (SSSR count). The van der Waals surface area contributed by atoms with E-state index in [2.05, 4.69) is 0 Å². The molecule has 0 radical (unpaired) electrons. The lowest BCUT2D eigenvalue weighted by molar-refractivity contribution is -0.671. The first-order valence-electron chi connectivity index (χ1n) is 6.01. The number of ketones is 1. The molecule has 0 aliphatic carbocycles. The molecule has 1 aromatic carbocycles. The molecular formula is C16H17INO2+. The molecule has 0 fully saturated rings. The van der Waals surface area contributed by atoms with Gasteiger partial charge < -0.3 is 4.74 Å². The second kappa shape index (κ2) is 7.79. The number of carbonyl (C=O) groups is 1. The first-order valence-corrected chi connectivity index (χ1v) is 6.01. The summed E-state index contributed by atoms with van der Waals surface area (Å²) in [7, 11) is 3.52. The Balaban J connectivity index is 0.00000200. The van der Waals surface area contributed by atoms with Crippen LogP contribution in [0, 0.1) is 0 Å². The summed E-state index contributed by atoms with van der Waals surface area (Å²) in [6.07, 6.45) is 7.08. The number of ether oxygens (including phenoxy) is 1. The summed E-state index contributed by atoms with van der Waals surface area (Å²) in [4.78, 5) is 12.0. The van der Waals surface area contributed by atoms with Gasteiger partial charge in [0.1, 0.15) is 12.8 Å². The zero-order chi connectivity index (χ0) is 13.7. The van der Waals surface area contributed by atoms with E-state index in [1.54, 1.807) is 31.5 Å².